The summed E-state index contributed by atoms with van der Waals surface area (Å²) in [7, 11) is 0.900. The summed E-state index contributed by atoms with van der Waals surface area (Å²) in [5, 5.41) is 0. The highest BCUT2D eigenvalue weighted by Crippen LogP contribution is 2.80. The monoisotopic (exact) mass is 470 g/mol. The van der Waals surface area contributed by atoms with Crippen LogP contribution in [-0.4, -0.2) is 73.9 Å². The molecule has 0 aromatic carbocycles. The molecular weight excluding hydrogens is 428 g/mol. The minimum absolute atomic E-state index is 0.450. The second-order valence-electron chi connectivity index (χ2n) is 9.67. The molecule has 4 fully saturated rings. The predicted octanol–water partition coefficient (Wildman–Crippen LogP) is 7.83. The van der Waals surface area contributed by atoms with Crippen molar-refractivity contribution in [2.75, 3.05) is 51.3 Å². The van der Waals surface area contributed by atoms with Gasteiger partial charge in [-0.2, -0.15) is 0 Å². The number of hydrogen-bond donors (Lipinski definition) is 2. The first-order valence-corrected chi connectivity index (χ1v) is 22.2. The summed E-state index contributed by atoms with van der Waals surface area (Å²) in [6.45, 7) is 8.30. The Morgan fingerprint density at radius 2 is 1.04 bits per heavy atom. The normalized spacial score (nSPS) is 51.5. The maximum Gasteiger partial charge on any atom is 0.117 e. The zero-order valence-electron chi connectivity index (χ0n) is 17.5. The van der Waals surface area contributed by atoms with E-state index in [1.54, 1.807) is 38.0 Å². The molecule has 4 heterocycles. The SMILES string of the molecule is C[P+]1(S)CCC[C@@H]1[C@H]1CCC[P+]1(C)S.C[P@@]1CCC[C@@H]1[C@H]1CCC[P@]1C. The summed E-state index contributed by atoms with van der Waals surface area (Å²) in [5.74, 6) is 0. The zero-order valence-corrected chi connectivity index (χ0v) is 22.8. The van der Waals surface area contributed by atoms with Crippen LogP contribution in [0.15, 0.2) is 0 Å². The molecule has 0 aliphatic carbocycles. The molecule has 4 rings (SSSR count). The van der Waals surface area contributed by atoms with E-state index in [0.717, 1.165) is 11.3 Å². The summed E-state index contributed by atoms with van der Waals surface area (Å²) in [6, 6.07) is 0. The molecule has 0 radical (unpaired) electrons. The highest BCUT2D eigenvalue weighted by molar-refractivity contribution is 8.55. The van der Waals surface area contributed by atoms with Gasteiger partial charge in [-0.3, -0.25) is 0 Å². The molecule has 8 atom stereocenters. The van der Waals surface area contributed by atoms with Crippen LogP contribution < -0.4 is 0 Å². The lowest BCUT2D eigenvalue weighted by molar-refractivity contribution is 0.695. The first-order chi connectivity index (χ1) is 12.2. The van der Waals surface area contributed by atoms with Gasteiger partial charge in [-0.25, -0.2) is 0 Å². The Hall–Kier alpha value is 2.42. The molecule has 0 nitrogen and oxygen atoms in total. The molecule has 0 aromatic heterocycles. The molecule has 26 heavy (non-hydrogen) atoms. The van der Waals surface area contributed by atoms with E-state index in [0.29, 0.717) is 15.8 Å². The van der Waals surface area contributed by atoms with E-state index in [4.69, 9.17) is 24.5 Å². The lowest BCUT2D eigenvalue weighted by Crippen LogP contribution is -2.22. The minimum atomic E-state index is -0.859. The Kier molecular flexibility index (Phi) is 8.61. The molecule has 0 N–H and O–H groups in total. The van der Waals surface area contributed by atoms with Gasteiger partial charge in [0.15, 0.2) is 0 Å². The fourth-order valence-electron chi connectivity index (χ4n) is 6.10. The van der Waals surface area contributed by atoms with Gasteiger partial charge in [-0.1, -0.05) is 0 Å². The van der Waals surface area contributed by atoms with Crippen LogP contribution in [0, 0.1) is 0 Å². The van der Waals surface area contributed by atoms with Crippen LogP contribution in [0.5, 0.6) is 0 Å². The quantitative estimate of drug-likeness (QED) is 0.298. The van der Waals surface area contributed by atoms with Crippen LogP contribution in [0.1, 0.15) is 51.4 Å². The molecule has 6 heteroatoms. The topological polar surface area (TPSA) is 0 Å². The molecule has 4 aliphatic heterocycles. The van der Waals surface area contributed by atoms with E-state index in [1.807, 2.05) is 0 Å². The first-order valence-electron chi connectivity index (χ1n) is 10.8. The molecule has 0 aromatic rings. The standard InChI is InChI=1S/C10H22P2S2.C10H20P2/c1-11(13)7-3-5-9(11)10-6-4-8-12(10,2)14;1-11-7-3-5-9(11)10-6-4-8-12(10)2/h9-10,13-14H,3-8H2,1-2H3;9-10H,3-8H2,1-2H3/q+2;/t9-,10-,11?,12?;9-,10-,11+,12+/m11/s1. The fourth-order valence-corrected chi connectivity index (χ4v) is 22.7. The summed E-state index contributed by atoms with van der Waals surface area (Å²) in [6.07, 6.45) is 18.0. The third kappa shape index (κ3) is 5.36. The van der Waals surface area contributed by atoms with E-state index < -0.39 is 12.9 Å². The van der Waals surface area contributed by atoms with E-state index in [9.17, 15) is 0 Å². The zero-order chi connectivity index (χ0) is 18.9. The Bertz CT molecular complexity index is 429. The van der Waals surface area contributed by atoms with Crippen molar-refractivity contribution in [1.29, 1.82) is 0 Å². The van der Waals surface area contributed by atoms with Gasteiger partial charge in [-0.05, 0) is 88.3 Å². The van der Waals surface area contributed by atoms with Gasteiger partial charge >= 0.3 is 0 Å². The average molecular weight is 471 g/mol. The van der Waals surface area contributed by atoms with Crippen molar-refractivity contribution in [1.82, 2.24) is 0 Å². The lowest BCUT2D eigenvalue weighted by Gasteiger charge is -2.27. The largest absolute Gasteiger partial charge is 0.117 e. The van der Waals surface area contributed by atoms with E-state index >= 15 is 0 Å². The van der Waals surface area contributed by atoms with Gasteiger partial charge in [0.1, 0.15) is 11.3 Å². The smallest absolute Gasteiger partial charge is 0.106 e. The summed E-state index contributed by atoms with van der Waals surface area (Å²) < 4.78 is 0. The second kappa shape index (κ2) is 9.70. The molecule has 4 aliphatic rings. The highest BCUT2D eigenvalue weighted by atomic mass is 32.7. The molecule has 4 saturated heterocycles. The first kappa shape index (κ1) is 23.1. The maximum atomic E-state index is 4.99. The van der Waals surface area contributed by atoms with Crippen LogP contribution in [0.3, 0.4) is 0 Å². The van der Waals surface area contributed by atoms with Gasteiger partial charge in [0.25, 0.3) is 0 Å². The van der Waals surface area contributed by atoms with Crippen molar-refractivity contribution in [3.8, 4) is 0 Å². The third-order valence-electron chi connectivity index (χ3n) is 7.69. The van der Waals surface area contributed by atoms with Crippen LogP contribution in [-0.2, 0) is 0 Å². The highest BCUT2D eigenvalue weighted by Gasteiger charge is 2.57. The Balaban J connectivity index is 0.000000152. The molecule has 2 unspecified atom stereocenters. The van der Waals surface area contributed by atoms with Crippen LogP contribution in [0.2, 0.25) is 0 Å². The summed E-state index contributed by atoms with van der Waals surface area (Å²) >= 11 is 9.98. The van der Waals surface area contributed by atoms with Gasteiger partial charge < -0.3 is 0 Å². The fraction of sp³-hybridized carbons (Fsp3) is 1.00. The Morgan fingerprint density at radius 1 is 0.654 bits per heavy atom. The Morgan fingerprint density at radius 3 is 1.27 bits per heavy atom. The molecule has 0 bridgehead atoms. The summed E-state index contributed by atoms with van der Waals surface area (Å²) in [5.41, 5.74) is 4.31. The van der Waals surface area contributed by atoms with E-state index in [2.05, 4.69) is 26.7 Å². The van der Waals surface area contributed by atoms with Crippen molar-refractivity contribution < 1.29 is 0 Å². The second-order valence-corrected chi connectivity index (χ2v) is 27.5. The van der Waals surface area contributed by atoms with Crippen molar-refractivity contribution in [3.05, 3.63) is 0 Å². The average Bonchev–Trinajstić information content (AvgIpc) is 3.29. The number of rotatable bonds is 2. The third-order valence-corrected chi connectivity index (χ3v) is 23.2. The van der Waals surface area contributed by atoms with Gasteiger partial charge in [0.2, 0.25) is 0 Å². The van der Waals surface area contributed by atoms with Crippen LogP contribution in [0.25, 0.3) is 0 Å². The van der Waals surface area contributed by atoms with Crippen LogP contribution >= 0.6 is 53.3 Å². The van der Waals surface area contributed by atoms with Gasteiger partial charge in [0.05, 0.1) is 38.6 Å². The van der Waals surface area contributed by atoms with Gasteiger partial charge in [0, 0.05) is 24.5 Å². The lowest BCUT2D eigenvalue weighted by atomic mass is 10.1. The maximum absolute atomic E-state index is 4.99. The molecule has 0 saturated carbocycles. The van der Waals surface area contributed by atoms with E-state index in [1.165, 1.54) is 49.3 Å². The predicted molar refractivity (Wildman–Crippen MR) is 141 cm³/mol. The van der Waals surface area contributed by atoms with Crippen molar-refractivity contribution >= 4 is 53.3 Å². The Labute approximate surface area is 178 Å². The van der Waals surface area contributed by atoms with E-state index in [-0.39, 0.29) is 0 Å². The van der Waals surface area contributed by atoms with Crippen molar-refractivity contribution in [2.24, 2.45) is 0 Å². The number of hydrogen-bond acceptors (Lipinski definition) is 2. The minimum Gasteiger partial charge on any atom is -0.106 e. The number of thiol groups is 2. The van der Waals surface area contributed by atoms with Crippen molar-refractivity contribution in [3.63, 3.8) is 0 Å². The molecule has 0 amide bonds. The molecule has 152 valence electrons. The molecule has 0 spiro atoms. The van der Waals surface area contributed by atoms with Gasteiger partial charge in [-0.15, -0.1) is 15.8 Å². The van der Waals surface area contributed by atoms with Crippen molar-refractivity contribution in [2.45, 2.75) is 74.0 Å². The molecular formula is C20H42P4S2+2. The van der Waals surface area contributed by atoms with Crippen LogP contribution in [0.4, 0.5) is 0 Å². The summed E-state index contributed by atoms with van der Waals surface area (Å²) in [4.78, 5) is 0.